The van der Waals surface area contributed by atoms with E-state index in [1.54, 1.807) is 6.92 Å². The molecule has 2 N–H and O–H groups in total. The molecular formula is C16H22N6O8S. The highest BCUT2D eigenvalue weighted by Gasteiger charge is 2.25. The molecule has 0 spiro atoms. The molecule has 14 nitrogen and oxygen atoms in total. The van der Waals surface area contributed by atoms with Crippen LogP contribution in [0.3, 0.4) is 0 Å². The fraction of sp³-hybridized carbons (Fsp3) is 0.438. The van der Waals surface area contributed by atoms with Gasteiger partial charge in [0.15, 0.2) is 5.75 Å². The molecule has 0 aliphatic carbocycles. The minimum atomic E-state index is -4.24. The van der Waals surface area contributed by atoms with E-state index < -0.39 is 28.0 Å². The van der Waals surface area contributed by atoms with E-state index in [1.807, 2.05) is 4.72 Å². The Morgan fingerprint density at radius 2 is 1.77 bits per heavy atom. The van der Waals surface area contributed by atoms with Crippen molar-refractivity contribution in [3.63, 3.8) is 0 Å². The van der Waals surface area contributed by atoms with Crippen molar-refractivity contribution in [3.8, 4) is 17.5 Å². The van der Waals surface area contributed by atoms with Crippen molar-refractivity contribution in [1.82, 2.24) is 24.5 Å². The number of nitrogens with zero attached hydrogens (tertiary/aromatic N) is 4. The molecule has 170 valence electrons. The highest BCUT2D eigenvalue weighted by Crippen LogP contribution is 2.25. The molecule has 31 heavy (non-hydrogen) atoms. The lowest BCUT2D eigenvalue weighted by Crippen LogP contribution is -2.36. The lowest BCUT2D eigenvalue weighted by molar-refractivity contribution is 0.103. The van der Waals surface area contributed by atoms with Gasteiger partial charge in [0.25, 0.3) is 0 Å². The molecule has 2 amide bonds. The predicted octanol–water partition coefficient (Wildman–Crippen LogP) is 0.723. The van der Waals surface area contributed by atoms with Crippen LogP contribution in [0.15, 0.2) is 6.07 Å². The molecule has 0 unspecified atom stereocenters. The molecule has 0 atom stereocenters. The maximum Gasteiger partial charge on any atom is 0.513 e. The fourth-order valence-corrected chi connectivity index (χ4v) is 3.45. The molecular weight excluding hydrogens is 436 g/mol. The van der Waals surface area contributed by atoms with Crippen LogP contribution in [-0.2, 0) is 27.6 Å². The van der Waals surface area contributed by atoms with Crippen LogP contribution in [0.2, 0.25) is 0 Å². The zero-order chi connectivity index (χ0) is 23.2. The maximum atomic E-state index is 12.5. The number of ether oxygens (including phenoxy) is 4. The van der Waals surface area contributed by atoms with Gasteiger partial charge in [0.1, 0.15) is 11.4 Å². The maximum absolute atomic E-state index is 12.5. The van der Waals surface area contributed by atoms with Gasteiger partial charge in [-0.25, -0.2) is 22.7 Å². The zero-order valence-electron chi connectivity index (χ0n) is 17.5. The third kappa shape index (κ3) is 6.43. The monoisotopic (exact) mass is 458 g/mol. The van der Waals surface area contributed by atoms with Crippen LogP contribution in [0.25, 0.3) is 0 Å². The molecule has 15 heteroatoms. The van der Waals surface area contributed by atoms with Crippen LogP contribution in [0.5, 0.6) is 17.5 Å². The van der Waals surface area contributed by atoms with Crippen LogP contribution >= 0.6 is 0 Å². The predicted molar refractivity (Wildman–Crippen MR) is 106 cm³/mol. The van der Waals surface area contributed by atoms with E-state index in [0.717, 1.165) is 0 Å². The van der Waals surface area contributed by atoms with Crippen LogP contribution < -0.4 is 24.2 Å². The van der Waals surface area contributed by atoms with Gasteiger partial charge in [-0.2, -0.15) is 15.1 Å². The standard InChI is InChI=1S/C16H22N6O8S/c1-6-29-16(24)30-13-9(2)20-22(3)10(13)8-31(25,26)21-15(23)19-14-17-11(27-4)7-12(18-14)28-5/h7H,6,8H2,1-5H3,(H2,17,18,19,21,23). The summed E-state index contributed by atoms with van der Waals surface area (Å²) in [4.78, 5) is 31.5. The van der Waals surface area contributed by atoms with Crippen molar-refractivity contribution in [1.29, 1.82) is 0 Å². The van der Waals surface area contributed by atoms with E-state index >= 15 is 0 Å². The lowest BCUT2D eigenvalue weighted by Gasteiger charge is -2.11. The van der Waals surface area contributed by atoms with Gasteiger partial charge in [-0.1, -0.05) is 0 Å². The number of methoxy groups -OCH3 is 2. The van der Waals surface area contributed by atoms with Gasteiger partial charge in [0, 0.05) is 7.05 Å². The first-order valence-corrected chi connectivity index (χ1v) is 10.4. The summed E-state index contributed by atoms with van der Waals surface area (Å²) in [6.45, 7) is 3.19. The van der Waals surface area contributed by atoms with Gasteiger partial charge in [0.2, 0.25) is 27.7 Å². The first-order valence-electron chi connectivity index (χ1n) is 8.74. The van der Waals surface area contributed by atoms with Gasteiger partial charge in [0.05, 0.1) is 32.6 Å². The van der Waals surface area contributed by atoms with Crippen LogP contribution in [-0.4, -0.2) is 61.2 Å². The van der Waals surface area contributed by atoms with Gasteiger partial charge >= 0.3 is 12.2 Å². The summed E-state index contributed by atoms with van der Waals surface area (Å²) in [5, 5.41) is 6.21. The van der Waals surface area contributed by atoms with Crippen molar-refractivity contribution in [2.75, 3.05) is 26.1 Å². The van der Waals surface area contributed by atoms with Crippen LogP contribution in [0.1, 0.15) is 18.3 Å². The minimum absolute atomic E-state index is 0.0325. The fourth-order valence-electron chi connectivity index (χ4n) is 2.36. The van der Waals surface area contributed by atoms with Crippen molar-refractivity contribution in [2.24, 2.45) is 7.05 Å². The number of sulfonamides is 1. The van der Waals surface area contributed by atoms with Gasteiger partial charge in [-0.05, 0) is 13.8 Å². The number of amides is 2. The number of hydrogen-bond donors (Lipinski definition) is 2. The van der Waals surface area contributed by atoms with E-state index in [-0.39, 0.29) is 41.5 Å². The molecule has 0 saturated carbocycles. The molecule has 0 fully saturated rings. The van der Waals surface area contributed by atoms with Crippen molar-refractivity contribution < 1.29 is 37.0 Å². The molecule has 2 aromatic heterocycles. The van der Waals surface area contributed by atoms with Gasteiger partial charge < -0.3 is 18.9 Å². The number of carbonyl (C=O) groups excluding carboxylic acids is 2. The number of aromatic nitrogens is 4. The average molecular weight is 458 g/mol. The Hall–Kier alpha value is -3.62. The second-order valence-electron chi connectivity index (χ2n) is 5.86. The number of anilines is 1. The summed E-state index contributed by atoms with van der Waals surface area (Å²) < 4.78 is 47.7. The second-order valence-corrected chi connectivity index (χ2v) is 7.58. The smallest absolute Gasteiger partial charge is 0.481 e. The molecule has 0 radical (unpaired) electrons. The SMILES string of the molecule is CCOC(=O)Oc1c(C)nn(C)c1CS(=O)(=O)NC(=O)Nc1nc(OC)cc(OC)n1. The lowest BCUT2D eigenvalue weighted by atomic mass is 10.3. The summed E-state index contributed by atoms with van der Waals surface area (Å²) in [6.07, 6.45) is -1.01. The topological polar surface area (TPSA) is 173 Å². The highest BCUT2D eigenvalue weighted by molar-refractivity contribution is 7.89. The third-order valence-corrected chi connectivity index (χ3v) is 4.78. The van der Waals surface area contributed by atoms with Crippen molar-refractivity contribution in [2.45, 2.75) is 19.6 Å². The number of hydrogen-bond acceptors (Lipinski definition) is 11. The number of rotatable bonds is 8. The largest absolute Gasteiger partial charge is 0.513 e. The molecule has 2 rings (SSSR count). The first-order chi connectivity index (χ1) is 14.6. The third-order valence-electron chi connectivity index (χ3n) is 3.63. The molecule has 0 aliphatic rings. The highest BCUT2D eigenvalue weighted by atomic mass is 32.2. The Kier molecular flexibility index (Phi) is 7.57. The van der Waals surface area contributed by atoms with E-state index in [0.29, 0.717) is 0 Å². The van der Waals surface area contributed by atoms with E-state index in [1.165, 1.54) is 38.9 Å². The summed E-state index contributed by atoms with van der Waals surface area (Å²) in [7, 11) is -0.0753. The first kappa shape index (κ1) is 23.7. The summed E-state index contributed by atoms with van der Waals surface area (Å²) in [5.41, 5.74) is 0.298. The van der Waals surface area contributed by atoms with Gasteiger partial charge in [-0.3, -0.25) is 10.00 Å². The van der Waals surface area contributed by atoms with Gasteiger partial charge in [-0.15, -0.1) is 0 Å². The molecule has 0 bridgehead atoms. The average Bonchev–Trinajstić information content (AvgIpc) is 2.93. The van der Waals surface area contributed by atoms with Crippen LogP contribution in [0, 0.1) is 6.92 Å². The summed E-state index contributed by atoms with van der Waals surface area (Å²) in [5.74, 6) is -0.846. The Balaban J connectivity index is 2.15. The van der Waals surface area contributed by atoms with Crippen molar-refractivity contribution >= 4 is 28.2 Å². The Morgan fingerprint density at radius 1 is 1.16 bits per heavy atom. The number of nitrogens with one attached hydrogen (secondary N) is 2. The van der Waals surface area contributed by atoms with Crippen LogP contribution in [0.4, 0.5) is 15.5 Å². The van der Waals surface area contributed by atoms with E-state index in [9.17, 15) is 18.0 Å². The second kappa shape index (κ2) is 9.92. The molecule has 0 saturated heterocycles. The number of carbonyl (C=O) groups is 2. The zero-order valence-corrected chi connectivity index (χ0v) is 18.3. The van der Waals surface area contributed by atoms with E-state index in [4.69, 9.17) is 18.9 Å². The Morgan fingerprint density at radius 3 is 2.32 bits per heavy atom. The van der Waals surface area contributed by atoms with E-state index in [2.05, 4.69) is 20.4 Å². The molecule has 0 aromatic carbocycles. The molecule has 2 aromatic rings. The molecule has 2 heterocycles. The summed E-state index contributed by atoms with van der Waals surface area (Å²) in [6, 6.07) is 0.248. The number of urea groups is 1. The Bertz CT molecular complexity index is 1050. The Labute approximate surface area is 177 Å². The quantitative estimate of drug-likeness (QED) is 0.534. The van der Waals surface area contributed by atoms with Crippen molar-refractivity contribution in [3.05, 3.63) is 17.5 Å². The molecule has 0 aliphatic heterocycles. The normalized spacial score (nSPS) is 10.9. The summed E-state index contributed by atoms with van der Waals surface area (Å²) >= 11 is 0. The number of aryl methyl sites for hydroxylation is 2. The minimum Gasteiger partial charge on any atom is -0.481 e.